The van der Waals surface area contributed by atoms with Crippen molar-refractivity contribution in [3.8, 4) is 0 Å². The summed E-state index contributed by atoms with van der Waals surface area (Å²) >= 11 is 13.2. The van der Waals surface area contributed by atoms with Gasteiger partial charge in [-0.2, -0.15) is 4.99 Å². The van der Waals surface area contributed by atoms with Crippen LogP contribution in [0, 0.1) is 0 Å². The van der Waals surface area contributed by atoms with Crippen LogP contribution in [0.4, 0.5) is 0 Å². The van der Waals surface area contributed by atoms with Crippen LogP contribution in [-0.2, 0) is 0 Å². The molecule has 0 heterocycles. The van der Waals surface area contributed by atoms with Crippen molar-refractivity contribution in [2.24, 2.45) is 4.99 Å². The van der Waals surface area contributed by atoms with Crippen LogP contribution >= 0.6 is 30.5 Å². The van der Waals surface area contributed by atoms with Gasteiger partial charge in [0.2, 0.25) is 5.44 Å². The minimum Gasteiger partial charge on any atom is -0.199 e. The van der Waals surface area contributed by atoms with Crippen molar-refractivity contribution in [2.45, 2.75) is 0 Å². The zero-order valence-electron chi connectivity index (χ0n) is 16.8. The second-order valence-electron chi connectivity index (χ2n) is 6.91. The number of hydrogen-bond acceptors (Lipinski definition) is 1. The van der Waals surface area contributed by atoms with Gasteiger partial charge in [-0.15, -0.1) is 0 Å². The fourth-order valence-corrected chi connectivity index (χ4v) is 8.42. The summed E-state index contributed by atoms with van der Waals surface area (Å²) in [4.78, 5) is 4.93. The maximum atomic E-state index is 6.72. The Hall–Kier alpha value is -2.70. The lowest BCUT2D eigenvalue weighted by atomic mass is 10.2. The van der Waals surface area contributed by atoms with Gasteiger partial charge in [-0.05, 0) is 36.4 Å². The van der Waals surface area contributed by atoms with Gasteiger partial charge in [0.25, 0.3) is 0 Å². The molecule has 0 aliphatic heterocycles. The predicted molar refractivity (Wildman–Crippen MR) is 138 cm³/mol. The van der Waals surface area contributed by atoms with Crippen molar-refractivity contribution in [1.29, 1.82) is 0 Å². The minimum atomic E-state index is -2.38. The van der Waals surface area contributed by atoms with Gasteiger partial charge in [-0.3, -0.25) is 0 Å². The van der Waals surface area contributed by atoms with Gasteiger partial charge in [-0.25, -0.2) is 0 Å². The molecule has 31 heavy (non-hydrogen) atoms. The van der Waals surface area contributed by atoms with E-state index >= 15 is 0 Å². The first-order valence-electron chi connectivity index (χ1n) is 9.93. The third-order valence-corrected chi connectivity index (χ3v) is 9.89. The molecule has 0 radical (unpaired) electrons. The highest BCUT2D eigenvalue weighted by atomic mass is 35.5. The molecule has 4 aromatic carbocycles. The highest BCUT2D eigenvalue weighted by molar-refractivity contribution is 7.99. The van der Waals surface area contributed by atoms with Gasteiger partial charge in [0, 0.05) is 5.56 Å². The molecule has 0 atom stereocenters. The van der Waals surface area contributed by atoms with E-state index in [2.05, 4.69) is 72.8 Å². The highest BCUT2D eigenvalue weighted by Crippen LogP contribution is 2.63. The predicted octanol–water partition coefficient (Wildman–Crippen LogP) is 6.70. The molecule has 0 aromatic heterocycles. The Morgan fingerprint density at radius 2 is 0.935 bits per heavy atom. The lowest BCUT2D eigenvalue weighted by molar-refractivity contribution is 1.50. The van der Waals surface area contributed by atoms with Crippen molar-refractivity contribution in [3.05, 3.63) is 138 Å². The lowest BCUT2D eigenvalue weighted by Gasteiger charge is -2.27. The lowest BCUT2D eigenvalue weighted by Crippen LogP contribution is -2.32. The molecule has 0 aliphatic carbocycles. The third-order valence-electron chi connectivity index (χ3n) is 5.10. The molecule has 0 amide bonds. The summed E-state index contributed by atoms with van der Waals surface area (Å²) in [6.45, 7) is 0. The normalized spacial score (nSPS) is 12.6. The molecule has 152 valence electrons. The van der Waals surface area contributed by atoms with Gasteiger partial charge in [0.1, 0.15) is 21.1 Å². The van der Waals surface area contributed by atoms with E-state index in [4.69, 9.17) is 28.2 Å². The van der Waals surface area contributed by atoms with Crippen molar-refractivity contribution >= 4 is 51.5 Å². The maximum Gasteiger partial charge on any atom is 0.211 e. The maximum absolute atomic E-state index is 6.72. The average Bonchev–Trinajstić information content (AvgIpc) is 2.86. The molecule has 4 aromatic rings. The quantitative estimate of drug-likeness (QED) is 0.224. The SMILES string of the molecule is Cl/C=C(/N=C(/Cl)c1ccccc1)[P+](c1ccccc1)(c1ccccc1)c1ccccc1. The molecule has 0 saturated carbocycles. The zero-order valence-corrected chi connectivity index (χ0v) is 19.2. The van der Waals surface area contributed by atoms with Crippen LogP contribution in [0.15, 0.2) is 137 Å². The Bertz CT molecular complexity index is 1080. The van der Waals surface area contributed by atoms with Gasteiger partial charge >= 0.3 is 0 Å². The summed E-state index contributed by atoms with van der Waals surface area (Å²) in [6.07, 6.45) is 0. The van der Waals surface area contributed by atoms with E-state index in [1.54, 1.807) is 5.54 Å². The molecule has 0 aliphatic rings. The summed E-state index contributed by atoms with van der Waals surface area (Å²) in [5.41, 5.74) is 3.20. The van der Waals surface area contributed by atoms with E-state index in [9.17, 15) is 0 Å². The van der Waals surface area contributed by atoms with Gasteiger partial charge in [0.15, 0.2) is 7.26 Å². The molecule has 0 unspecified atom stereocenters. The third kappa shape index (κ3) is 4.36. The van der Waals surface area contributed by atoms with Crippen molar-refractivity contribution in [2.75, 3.05) is 0 Å². The zero-order chi connectivity index (χ0) is 21.5. The molecule has 4 heteroatoms. The fraction of sp³-hybridized carbons (Fsp3) is 0. The van der Waals surface area contributed by atoms with Crippen molar-refractivity contribution < 1.29 is 0 Å². The minimum absolute atomic E-state index is 0.416. The molecule has 4 rings (SSSR count). The Balaban J connectivity index is 2.04. The molecule has 0 N–H and O–H groups in total. The first kappa shape index (κ1) is 21.5. The van der Waals surface area contributed by atoms with E-state index in [1.165, 1.54) is 15.9 Å². The number of benzene rings is 4. The first-order chi connectivity index (χ1) is 15.3. The standard InChI is InChI=1S/C27H21Cl2NP/c28-21-26(30-27(29)22-13-5-1-6-14-22)31(23-15-7-2-8-16-23,24-17-9-3-10-18-24)25-19-11-4-12-20-25/h1-21H/q+1/b26-21-,30-27+. The number of hydrogen-bond donors (Lipinski definition) is 0. The smallest absolute Gasteiger partial charge is 0.199 e. The van der Waals surface area contributed by atoms with Crippen LogP contribution in [0.2, 0.25) is 0 Å². The Morgan fingerprint density at radius 3 is 1.29 bits per heavy atom. The topological polar surface area (TPSA) is 12.4 Å². The Labute approximate surface area is 194 Å². The highest BCUT2D eigenvalue weighted by Gasteiger charge is 2.50. The number of halogens is 2. The summed E-state index contributed by atoms with van der Waals surface area (Å²) < 4.78 is 0. The monoisotopic (exact) mass is 460 g/mol. The summed E-state index contributed by atoms with van der Waals surface area (Å²) in [5, 5.41) is 3.92. The molecular weight excluding hydrogens is 440 g/mol. The molecule has 1 nitrogen and oxygen atoms in total. The summed E-state index contributed by atoms with van der Waals surface area (Å²) in [6, 6.07) is 41.1. The van der Waals surface area contributed by atoms with Gasteiger partial charge in [-0.1, -0.05) is 108 Å². The van der Waals surface area contributed by atoms with E-state index < -0.39 is 7.26 Å². The average molecular weight is 461 g/mol. The van der Waals surface area contributed by atoms with E-state index in [-0.39, 0.29) is 0 Å². The number of rotatable bonds is 6. The van der Waals surface area contributed by atoms with E-state index in [1.807, 2.05) is 48.5 Å². The molecule has 0 bridgehead atoms. The Kier molecular flexibility index (Phi) is 6.99. The van der Waals surface area contributed by atoms with Crippen LogP contribution < -0.4 is 15.9 Å². The van der Waals surface area contributed by atoms with Gasteiger partial charge in [0.05, 0.1) is 5.54 Å². The summed E-state index contributed by atoms with van der Waals surface area (Å²) in [5.74, 6) is 0. The molecule has 0 spiro atoms. The van der Waals surface area contributed by atoms with Crippen LogP contribution in [0.25, 0.3) is 0 Å². The second kappa shape index (κ2) is 10.1. The van der Waals surface area contributed by atoms with Gasteiger partial charge < -0.3 is 0 Å². The van der Waals surface area contributed by atoms with Crippen molar-refractivity contribution in [1.82, 2.24) is 0 Å². The van der Waals surface area contributed by atoms with E-state index in [0.29, 0.717) is 5.17 Å². The van der Waals surface area contributed by atoms with Crippen LogP contribution in [0.5, 0.6) is 0 Å². The first-order valence-corrected chi connectivity index (χ1v) is 12.5. The number of aliphatic imine (C=N–C) groups is 1. The summed E-state index contributed by atoms with van der Waals surface area (Å²) in [7, 11) is -2.38. The molecular formula is C27H21Cl2NP+. The largest absolute Gasteiger partial charge is 0.211 e. The second-order valence-corrected chi connectivity index (χ2v) is 10.8. The van der Waals surface area contributed by atoms with E-state index in [0.717, 1.165) is 11.0 Å². The number of nitrogens with zero attached hydrogens (tertiary/aromatic N) is 1. The van der Waals surface area contributed by atoms with Crippen LogP contribution in [0.1, 0.15) is 5.56 Å². The van der Waals surface area contributed by atoms with Crippen LogP contribution in [-0.4, -0.2) is 5.17 Å². The van der Waals surface area contributed by atoms with Crippen LogP contribution in [0.3, 0.4) is 0 Å². The molecule has 0 saturated heterocycles. The Morgan fingerprint density at radius 1 is 0.581 bits per heavy atom. The molecule has 0 fully saturated rings. The fourth-order valence-electron chi connectivity index (χ4n) is 3.71. The van der Waals surface area contributed by atoms with Crippen molar-refractivity contribution in [3.63, 3.8) is 0 Å².